The number of nitrogens with two attached hydrogens (primary N) is 1. The molecule has 0 saturated heterocycles. The van der Waals surface area contributed by atoms with E-state index in [0.29, 0.717) is 5.01 Å². The Morgan fingerprint density at radius 3 is 2.03 bits per heavy atom. The first-order valence-corrected chi connectivity index (χ1v) is 13.5. The molecule has 8 heteroatoms. The van der Waals surface area contributed by atoms with Gasteiger partial charge in [-0.1, -0.05) is 94.6 Å². The van der Waals surface area contributed by atoms with E-state index in [0.717, 1.165) is 0 Å². The SMILES string of the molecule is C=C(NC(=O)c1csc(CO[Si](c2ccccc2)(c2ccccc2)C(C)(C)C)n1)C(=C)C(N)=O. The van der Waals surface area contributed by atoms with Crippen LogP contribution in [0.25, 0.3) is 0 Å². The van der Waals surface area contributed by atoms with E-state index in [1.807, 2.05) is 36.4 Å². The first-order valence-electron chi connectivity index (χ1n) is 10.7. The second-order valence-corrected chi connectivity index (χ2v) is 14.1. The molecule has 2 aromatic carbocycles. The fourth-order valence-corrected chi connectivity index (χ4v) is 9.14. The lowest BCUT2D eigenvalue weighted by molar-refractivity contribution is -0.114. The normalized spacial score (nSPS) is 11.6. The molecule has 0 radical (unpaired) electrons. The average molecular weight is 492 g/mol. The van der Waals surface area contributed by atoms with Gasteiger partial charge in [-0.05, 0) is 15.4 Å². The Balaban J connectivity index is 1.88. The van der Waals surface area contributed by atoms with E-state index in [9.17, 15) is 9.59 Å². The minimum absolute atomic E-state index is 0.0515. The molecule has 3 rings (SSSR count). The zero-order valence-electron chi connectivity index (χ0n) is 19.6. The fraction of sp³-hybridized carbons (Fsp3) is 0.192. The highest BCUT2D eigenvalue weighted by molar-refractivity contribution is 7.09. The number of primary amides is 1. The first kappa shape index (κ1) is 25.3. The number of amides is 2. The van der Waals surface area contributed by atoms with Gasteiger partial charge < -0.3 is 15.5 Å². The molecule has 3 N–H and O–H groups in total. The van der Waals surface area contributed by atoms with Crippen LogP contribution in [0, 0.1) is 0 Å². The predicted octanol–water partition coefficient (Wildman–Crippen LogP) is 3.50. The number of carbonyl (C=O) groups is 2. The Morgan fingerprint density at radius 2 is 1.56 bits per heavy atom. The molecule has 0 aliphatic heterocycles. The number of aromatic nitrogens is 1. The van der Waals surface area contributed by atoms with E-state index in [2.05, 4.69) is 68.5 Å². The van der Waals surface area contributed by atoms with Crippen molar-refractivity contribution in [2.24, 2.45) is 5.73 Å². The Morgan fingerprint density at radius 1 is 1.03 bits per heavy atom. The highest BCUT2D eigenvalue weighted by atomic mass is 32.1. The van der Waals surface area contributed by atoms with Crippen LogP contribution in [0.1, 0.15) is 36.3 Å². The quantitative estimate of drug-likeness (QED) is 0.272. The number of rotatable bonds is 9. The number of benzene rings is 2. The van der Waals surface area contributed by atoms with E-state index in [4.69, 9.17) is 10.2 Å². The van der Waals surface area contributed by atoms with Gasteiger partial charge in [0.2, 0.25) is 5.91 Å². The summed E-state index contributed by atoms with van der Waals surface area (Å²) < 4.78 is 6.86. The van der Waals surface area contributed by atoms with Gasteiger partial charge in [-0.25, -0.2) is 4.98 Å². The van der Waals surface area contributed by atoms with Crippen LogP contribution in [-0.4, -0.2) is 25.1 Å². The van der Waals surface area contributed by atoms with Crippen molar-refractivity contribution < 1.29 is 14.0 Å². The van der Waals surface area contributed by atoms with Crippen molar-refractivity contribution in [3.63, 3.8) is 0 Å². The van der Waals surface area contributed by atoms with Crippen molar-refractivity contribution in [2.45, 2.75) is 32.4 Å². The molecule has 0 spiro atoms. The molecular formula is C26H29N3O3SSi. The van der Waals surface area contributed by atoms with Crippen molar-refractivity contribution in [2.75, 3.05) is 0 Å². The van der Waals surface area contributed by atoms with Crippen LogP contribution in [-0.2, 0) is 15.8 Å². The molecule has 1 aromatic heterocycles. The van der Waals surface area contributed by atoms with Crippen molar-refractivity contribution in [1.29, 1.82) is 0 Å². The lowest BCUT2D eigenvalue weighted by Crippen LogP contribution is -2.66. The topological polar surface area (TPSA) is 94.3 Å². The summed E-state index contributed by atoms with van der Waals surface area (Å²) in [4.78, 5) is 28.2. The third-order valence-corrected chi connectivity index (χ3v) is 11.3. The summed E-state index contributed by atoms with van der Waals surface area (Å²) in [6, 6.07) is 20.7. The van der Waals surface area contributed by atoms with Crippen LogP contribution >= 0.6 is 11.3 Å². The van der Waals surface area contributed by atoms with Gasteiger partial charge >= 0.3 is 0 Å². The Kier molecular flexibility index (Phi) is 7.66. The summed E-state index contributed by atoms with van der Waals surface area (Å²) in [5.74, 6) is -1.23. The number of thiazole rings is 1. The monoisotopic (exact) mass is 491 g/mol. The average Bonchev–Trinajstić information content (AvgIpc) is 3.28. The van der Waals surface area contributed by atoms with Gasteiger partial charge in [-0.3, -0.25) is 9.59 Å². The van der Waals surface area contributed by atoms with Gasteiger partial charge in [0, 0.05) is 11.1 Å². The summed E-state index contributed by atoms with van der Waals surface area (Å²) in [6.07, 6.45) is 0. The third-order valence-electron chi connectivity index (χ3n) is 5.54. The molecule has 0 aliphatic rings. The Hall–Kier alpha value is -3.33. The number of hydrogen-bond acceptors (Lipinski definition) is 5. The molecule has 176 valence electrons. The highest BCUT2D eigenvalue weighted by Gasteiger charge is 2.50. The van der Waals surface area contributed by atoms with Gasteiger partial charge in [0.25, 0.3) is 14.2 Å². The van der Waals surface area contributed by atoms with Crippen LogP contribution in [0.2, 0.25) is 5.04 Å². The summed E-state index contributed by atoms with van der Waals surface area (Å²) in [6.45, 7) is 14.0. The van der Waals surface area contributed by atoms with Crippen LogP contribution in [0.4, 0.5) is 0 Å². The largest absolute Gasteiger partial charge is 0.401 e. The molecule has 0 aliphatic carbocycles. The van der Waals surface area contributed by atoms with Crippen molar-refractivity contribution in [3.05, 3.63) is 101 Å². The second kappa shape index (κ2) is 10.3. The number of nitrogens with zero attached hydrogens (tertiary/aromatic N) is 1. The van der Waals surface area contributed by atoms with E-state index >= 15 is 0 Å². The maximum Gasteiger partial charge on any atom is 0.275 e. The van der Waals surface area contributed by atoms with Gasteiger partial charge in [-0.2, -0.15) is 0 Å². The molecule has 2 amide bonds. The van der Waals surface area contributed by atoms with Crippen molar-refractivity contribution in [1.82, 2.24) is 10.3 Å². The standard InChI is InChI=1S/C26H29N3O3SSi/c1-18(24(27)30)19(2)28-25(31)22-17-33-23(29-22)16-32-34(26(3,4)5,20-12-8-6-9-13-20)21-14-10-7-11-15-21/h6-15,17H,1-2,16H2,3-5H3,(H2,27,30)(H,28,31). The lowest BCUT2D eigenvalue weighted by atomic mass is 10.2. The smallest absolute Gasteiger partial charge is 0.275 e. The lowest BCUT2D eigenvalue weighted by Gasteiger charge is -2.42. The molecule has 0 unspecified atom stereocenters. The second-order valence-electron chi connectivity index (χ2n) is 8.85. The van der Waals surface area contributed by atoms with Gasteiger partial charge in [-0.15, -0.1) is 11.3 Å². The molecule has 3 aromatic rings. The Labute approximate surface area is 205 Å². The summed E-state index contributed by atoms with van der Waals surface area (Å²) in [7, 11) is -2.71. The molecule has 34 heavy (non-hydrogen) atoms. The van der Waals surface area contributed by atoms with E-state index in [1.54, 1.807) is 5.38 Å². The van der Waals surface area contributed by atoms with E-state index in [-0.39, 0.29) is 28.6 Å². The highest BCUT2D eigenvalue weighted by Crippen LogP contribution is 2.37. The zero-order chi connectivity index (χ0) is 24.9. The van der Waals surface area contributed by atoms with Crippen LogP contribution < -0.4 is 21.4 Å². The molecule has 0 saturated carbocycles. The minimum Gasteiger partial charge on any atom is -0.401 e. The maximum atomic E-state index is 12.5. The zero-order valence-corrected chi connectivity index (χ0v) is 21.4. The van der Waals surface area contributed by atoms with E-state index in [1.165, 1.54) is 21.7 Å². The molecule has 1 heterocycles. The van der Waals surface area contributed by atoms with Crippen molar-refractivity contribution in [3.8, 4) is 0 Å². The number of carbonyl (C=O) groups excluding carboxylic acids is 2. The molecule has 6 nitrogen and oxygen atoms in total. The molecule has 0 fully saturated rings. The first-order chi connectivity index (χ1) is 16.1. The van der Waals surface area contributed by atoms with Crippen LogP contribution in [0.3, 0.4) is 0 Å². The summed E-state index contributed by atoms with van der Waals surface area (Å²) >= 11 is 1.34. The van der Waals surface area contributed by atoms with Gasteiger partial charge in [0.15, 0.2) is 0 Å². The minimum atomic E-state index is -2.71. The Bertz CT molecular complexity index is 1160. The predicted molar refractivity (Wildman–Crippen MR) is 139 cm³/mol. The molecule has 0 atom stereocenters. The summed E-state index contributed by atoms with van der Waals surface area (Å²) in [5.41, 5.74) is 5.40. The third kappa shape index (κ3) is 5.25. The summed E-state index contributed by atoms with van der Waals surface area (Å²) in [5, 5.41) is 7.02. The van der Waals surface area contributed by atoms with E-state index < -0.39 is 20.1 Å². The van der Waals surface area contributed by atoms with Gasteiger partial charge in [0.05, 0.1) is 12.2 Å². The number of nitrogens with one attached hydrogen (secondary N) is 1. The van der Waals surface area contributed by atoms with Crippen molar-refractivity contribution >= 4 is 41.8 Å². The fourth-order valence-electron chi connectivity index (χ4n) is 3.84. The van der Waals surface area contributed by atoms with Crippen LogP contribution in [0.15, 0.2) is 90.5 Å². The van der Waals surface area contributed by atoms with Crippen LogP contribution in [0.5, 0.6) is 0 Å². The molecule has 0 bridgehead atoms. The number of hydrogen-bond donors (Lipinski definition) is 2. The maximum absolute atomic E-state index is 12.5. The molecular weight excluding hydrogens is 462 g/mol. The van der Waals surface area contributed by atoms with Gasteiger partial charge in [0.1, 0.15) is 10.7 Å².